The van der Waals surface area contributed by atoms with Crippen molar-refractivity contribution in [2.75, 3.05) is 26.4 Å². The first-order chi connectivity index (χ1) is 7.77. The van der Waals surface area contributed by atoms with E-state index in [0.29, 0.717) is 6.04 Å². The average Bonchev–Trinajstić information content (AvgIpc) is 2.32. The molecule has 0 aromatic rings. The number of ether oxygens (including phenoxy) is 2. The van der Waals surface area contributed by atoms with E-state index in [1.54, 1.807) is 0 Å². The van der Waals surface area contributed by atoms with Crippen LogP contribution in [-0.4, -0.2) is 38.5 Å². The number of hydrogen-bond donors (Lipinski definition) is 1. The zero-order valence-electron chi connectivity index (χ0n) is 10.6. The third-order valence-corrected chi connectivity index (χ3v) is 4.20. The summed E-state index contributed by atoms with van der Waals surface area (Å²) in [6.45, 7) is 7.96. The van der Waals surface area contributed by atoms with Crippen molar-refractivity contribution in [2.24, 2.45) is 11.8 Å². The van der Waals surface area contributed by atoms with Crippen molar-refractivity contribution in [1.82, 2.24) is 5.32 Å². The van der Waals surface area contributed by atoms with Crippen LogP contribution in [0.15, 0.2) is 0 Å². The maximum atomic E-state index is 5.64. The third kappa shape index (κ3) is 3.19. The molecule has 2 fully saturated rings. The molecule has 3 heteroatoms. The third-order valence-electron chi connectivity index (χ3n) is 4.20. The van der Waals surface area contributed by atoms with Crippen LogP contribution in [0, 0.1) is 11.8 Å². The fraction of sp³-hybridized carbons (Fsp3) is 1.00. The summed E-state index contributed by atoms with van der Waals surface area (Å²) in [4.78, 5) is 0. The van der Waals surface area contributed by atoms with Crippen molar-refractivity contribution in [1.29, 1.82) is 0 Å². The maximum Gasteiger partial charge on any atom is 0.0933 e. The van der Waals surface area contributed by atoms with Gasteiger partial charge in [-0.2, -0.15) is 0 Å². The first-order valence-corrected chi connectivity index (χ1v) is 6.70. The molecule has 3 nitrogen and oxygen atoms in total. The van der Waals surface area contributed by atoms with Gasteiger partial charge in [-0.05, 0) is 18.3 Å². The fourth-order valence-corrected chi connectivity index (χ4v) is 2.81. The lowest BCUT2D eigenvalue weighted by atomic mass is 9.78. The predicted molar refractivity (Wildman–Crippen MR) is 64.5 cm³/mol. The second-order valence-electron chi connectivity index (χ2n) is 5.35. The Balaban J connectivity index is 1.71. The van der Waals surface area contributed by atoms with Gasteiger partial charge >= 0.3 is 0 Å². The van der Waals surface area contributed by atoms with E-state index in [4.69, 9.17) is 9.47 Å². The molecule has 2 aliphatic rings. The SMILES string of the molecule is CC1CCCC(NCC2COCCO2)C1C. The molecule has 0 aromatic carbocycles. The van der Waals surface area contributed by atoms with Crippen molar-refractivity contribution in [3.8, 4) is 0 Å². The van der Waals surface area contributed by atoms with Gasteiger partial charge in [-0.25, -0.2) is 0 Å². The van der Waals surface area contributed by atoms with Crippen molar-refractivity contribution in [3.05, 3.63) is 0 Å². The summed E-state index contributed by atoms with van der Waals surface area (Å²) in [7, 11) is 0. The fourth-order valence-electron chi connectivity index (χ4n) is 2.81. The van der Waals surface area contributed by atoms with Crippen molar-refractivity contribution < 1.29 is 9.47 Å². The average molecular weight is 227 g/mol. The predicted octanol–water partition coefficient (Wildman–Crippen LogP) is 1.82. The molecule has 0 amide bonds. The molecule has 0 spiro atoms. The van der Waals surface area contributed by atoms with Gasteiger partial charge in [0.1, 0.15) is 0 Å². The summed E-state index contributed by atoms with van der Waals surface area (Å²) in [5.74, 6) is 1.65. The van der Waals surface area contributed by atoms with Crippen molar-refractivity contribution >= 4 is 0 Å². The van der Waals surface area contributed by atoms with E-state index in [-0.39, 0.29) is 6.10 Å². The van der Waals surface area contributed by atoms with Crippen LogP contribution in [0.4, 0.5) is 0 Å². The van der Waals surface area contributed by atoms with Gasteiger partial charge in [0, 0.05) is 12.6 Å². The van der Waals surface area contributed by atoms with Gasteiger partial charge in [0.2, 0.25) is 0 Å². The van der Waals surface area contributed by atoms with Crippen LogP contribution in [0.3, 0.4) is 0 Å². The first-order valence-electron chi connectivity index (χ1n) is 6.70. The second kappa shape index (κ2) is 5.99. The van der Waals surface area contributed by atoms with E-state index in [0.717, 1.165) is 38.2 Å². The van der Waals surface area contributed by atoms with Gasteiger partial charge in [0.05, 0.1) is 25.9 Å². The Labute approximate surface area is 98.9 Å². The Bertz CT molecular complexity index is 204. The van der Waals surface area contributed by atoms with E-state index < -0.39 is 0 Å². The molecule has 1 aliphatic heterocycles. The van der Waals surface area contributed by atoms with Crippen LogP contribution in [0.2, 0.25) is 0 Å². The van der Waals surface area contributed by atoms with E-state index >= 15 is 0 Å². The highest BCUT2D eigenvalue weighted by Crippen LogP contribution is 2.29. The summed E-state index contributed by atoms with van der Waals surface area (Å²) in [6.07, 6.45) is 4.34. The summed E-state index contributed by atoms with van der Waals surface area (Å²) < 4.78 is 11.0. The molecule has 4 atom stereocenters. The van der Waals surface area contributed by atoms with Gasteiger partial charge in [0.15, 0.2) is 0 Å². The summed E-state index contributed by atoms with van der Waals surface area (Å²) in [6, 6.07) is 0.675. The maximum absolute atomic E-state index is 5.64. The lowest BCUT2D eigenvalue weighted by Crippen LogP contribution is -2.46. The molecular formula is C13H25NO2. The van der Waals surface area contributed by atoms with E-state index in [1.807, 2.05) is 0 Å². The van der Waals surface area contributed by atoms with Gasteiger partial charge in [-0.3, -0.25) is 0 Å². The highest BCUT2D eigenvalue weighted by molar-refractivity contribution is 4.83. The molecule has 2 rings (SSSR count). The molecule has 1 saturated heterocycles. The van der Waals surface area contributed by atoms with Gasteiger partial charge < -0.3 is 14.8 Å². The van der Waals surface area contributed by atoms with E-state index in [2.05, 4.69) is 19.2 Å². The Morgan fingerprint density at radius 3 is 2.81 bits per heavy atom. The number of hydrogen-bond acceptors (Lipinski definition) is 3. The van der Waals surface area contributed by atoms with Gasteiger partial charge in [-0.1, -0.05) is 26.7 Å². The quantitative estimate of drug-likeness (QED) is 0.797. The molecular weight excluding hydrogens is 202 g/mol. The van der Waals surface area contributed by atoms with Crippen molar-refractivity contribution in [2.45, 2.75) is 45.3 Å². The molecule has 1 saturated carbocycles. The van der Waals surface area contributed by atoms with Gasteiger partial charge in [-0.15, -0.1) is 0 Å². The minimum atomic E-state index is 0.262. The van der Waals surface area contributed by atoms with Crippen LogP contribution < -0.4 is 5.32 Å². The van der Waals surface area contributed by atoms with Crippen molar-refractivity contribution in [3.63, 3.8) is 0 Å². The Kier molecular flexibility index (Phi) is 4.62. The standard InChI is InChI=1S/C13H25NO2/c1-10-4-3-5-13(11(10)2)14-8-12-9-15-6-7-16-12/h10-14H,3-9H2,1-2H3. The zero-order valence-corrected chi connectivity index (χ0v) is 10.6. The monoisotopic (exact) mass is 227 g/mol. The molecule has 1 N–H and O–H groups in total. The summed E-state index contributed by atoms with van der Waals surface area (Å²) in [5, 5.41) is 3.67. The smallest absolute Gasteiger partial charge is 0.0933 e. The molecule has 1 aliphatic carbocycles. The van der Waals surface area contributed by atoms with Crippen LogP contribution in [0.25, 0.3) is 0 Å². The first kappa shape index (κ1) is 12.3. The summed E-state index contributed by atoms with van der Waals surface area (Å²) >= 11 is 0. The molecule has 16 heavy (non-hydrogen) atoms. The molecule has 94 valence electrons. The Hall–Kier alpha value is -0.120. The van der Waals surface area contributed by atoms with Crippen LogP contribution in [-0.2, 0) is 9.47 Å². The van der Waals surface area contributed by atoms with E-state index in [9.17, 15) is 0 Å². The number of rotatable bonds is 3. The molecule has 0 radical (unpaired) electrons. The van der Waals surface area contributed by atoms with Crippen LogP contribution in [0.5, 0.6) is 0 Å². The highest BCUT2D eigenvalue weighted by atomic mass is 16.6. The Morgan fingerprint density at radius 1 is 1.19 bits per heavy atom. The topological polar surface area (TPSA) is 30.5 Å². The van der Waals surface area contributed by atoms with Crippen LogP contribution >= 0.6 is 0 Å². The lowest BCUT2D eigenvalue weighted by molar-refractivity contribution is -0.0879. The molecule has 1 heterocycles. The van der Waals surface area contributed by atoms with Gasteiger partial charge in [0.25, 0.3) is 0 Å². The Morgan fingerprint density at radius 2 is 2.06 bits per heavy atom. The normalized spacial score (nSPS) is 40.9. The summed E-state index contributed by atoms with van der Waals surface area (Å²) in [5.41, 5.74) is 0. The second-order valence-corrected chi connectivity index (χ2v) is 5.35. The number of nitrogens with one attached hydrogen (secondary N) is 1. The lowest BCUT2D eigenvalue weighted by Gasteiger charge is -2.36. The molecule has 0 aromatic heterocycles. The molecule has 0 bridgehead atoms. The molecule has 4 unspecified atom stereocenters. The minimum absolute atomic E-state index is 0.262. The van der Waals surface area contributed by atoms with Crippen LogP contribution in [0.1, 0.15) is 33.1 Å². The van der Waals surface area contributed by atoms with E-state index in [1.165, 1.54) is 19.3 Å². The largest absolute Gasteiger partial charge is 0.376 e. The highest BCUT2D eigenvalue weighted by Gasteiger charge is 2.27. The minimum Gasteiger partial charge on any atom is -0.376 e. The zero-order chi connectivity index (χ0) is 11.4.